The van der Waals surface area contributed by atoms with Gasteiger partial charge in [0.15, 0.2) is 0 Å². The molecule has 2 aromatic carbocycles. The molecule has 8 heteroatoms. The lowest BCUT2D eigenvalue weighted by atomic mass is 10.1. The van der Waals surface area contributed by atoms with Crippen molar-refractivity contribution in [3.05, 3.63) is 95.4 Å². The van der Waals surface area contributed by atoms with Crippen molar-refractivity contribution in [3.8, 4) is 5.75 Å². The Bertz CT molecular complexity index is 1250. The first-order valence-electron chi connectivity index (χ1n) is 9.44. The van der Waals surface area contributed by atoms with Gasteiger partial charge >= 0.3 is 6.18 Å². The van der Waals surface area contributed by atoms with Gasteiger partial charge in [0.1, 0.15) is 18.0 Å². The summed E-state index contributed by atoms with van der Waals surface area (Å²) in [5.41, 5.74) is 2.14. The van der Waals surface area contributed by atoms with E-state index in [0.29, 0.717) is 5.75 Å². The van der Waals surface area contributed by atoms with Gasteiger partial charge in [-0.2, -0.15) is 13.2 Å². The van der Waals surface area contributed by atoms with Crippen LogP contribution in [0.1, 0.15) is 27.2 Å². The number of nitrogens with one attached hydrogen (secondary N) is 1. The number of rotatable bonds is 5. The number of aromatic nitrogens is 2. The first kappa shape index (κ1) is 20.5. The van der Waals surface area contributed by atoms with Gasteiger partial charge in [-0.3, -0.25) is 4.79 Å². The maximum Gasteiger partial charge on any atom is 0.416 e. The summed E-state index contributed by atoms with van der Waals surface area (Å²) in [5.74, 6) is -0.0853. The van der Waals surface area contributed by atoms with E-state index in [9.17, 15) is 18.0 Å². The standard InChI is InChI=1S/C23H18F3N3O2/c1-15-8-9-21-27-19(13-29(21)12-15)14-31-20-7-2-4-16(10-20)22(30)28-18-6-3-5-17(11-18)23(24,25)26/h2-13H,14H2,1H3,(H,28,30). The van der Waals surface area contributed by atoms with Gasteiger partial charge in [0.05, 0.1) is 11.3 Å². The molecule has 0 atom stereocenters. The second-order valence-electron chi connectivity index (χ2n) is 7.05. The highest BCUT2D eigenvalue weighted by Gasteiger charge is 2.30. The second-order valence-corrected chi connectivity index (χ2v) is 7.05. The average molecular weight is 425 g/mol. The molecule has 31 heavy (non-hydrogen) atoms. The number of hydrogen-bond acceptors (Lipinski definition) is 3. The molecule has 2 heterocycles. The van der Waals surface area contributed by atoms with E-state index in [1.807, 2.05) is 35.9 Å². The van der Waals surface area contributed by atoms with Gasteiger partial charge in [-0.05, 0) is 55.0 Å². The highest BCUT2D eigenvalue weighted by atomic mass is 19.4. The molecule has 0 saturated heterocycles. The monoisotopic (exact) mass is 425 g/mol. The van der Waals surface area contributed by atoms with E-state index in [0.717, 1.165) is 29.0 Å². The quantitative estimate of drug-likeness (QED) is 0.460. The van der Waals surface area contributed by atoms with Crippen LogP contribution in [0.3, 0.4) is 0 Å². The Hall–Kier alpha value is -3.81. The van der Waals surface area contributed by atoms with Gasteiger partial charge in [-0.25, -0.2) is 4.98 Å². The zero-order valence-corrected chi connectivity index (χ0v) is 16.5. The van der Waals surface area contributed by atoms with Crippen LogP contribution in [0.15, 0.2) is 73.1 Å². The maximum absolute atomic E-state index is 12.9. The number of imidazole rings is 1. The molecule has 4 rings (SSSR count). The SMILES string of the molecule is Cc1ccc2nc(COc3cccc(C(=O)Nc4cccc(C(F)(F)F)c4)c3)cn2c1. The number of nitrogens with zero attached hydrogens (tertiary/aromatic N) is 2. The number of carbonyl (C=O) groups is 1. The van der Waals surface area contributed by atoms with Crippen LogP contribution >= 0.6 is 0 Å². The summed E-state index contributed by atoms with van der Waals surface area (Å²) in [7, 11) is 0. The topological polar surface area (TPSA) is 55.6 Å². The highest BCUT2D eigenvalue weighted by Crippen LogP contribution is 2.30. The van der Waals surface area contributed by atoms with Gasteiger partial charge in [0.2, 0.25) is 0 Å². The predicted molar refractivity (Wildman–Crippen MR) is 110 cm³/mol. The van der Waals surface area contributed by atoms with Crippen molar-refractivity contribution >= 4 is 17.2 Å². The number of anilines is 1. The van der Waals surface area contributed by atoms with Crippen LogP contribution in [0.4, 0.5) is 18.9 Å². The summed E-state index contributed by atoms with van der Waals surface area (Å²) in [4.78, 5) is 17.0. The number of aryl methyl sites for hydroxylation is 1. The molecule has 1 amide bonds. The minimum Gasteiger partial charge on any atom is -0.487 e. The third-order valence-electron chi connectivity index (χ3n) is 4.58. The number of carbonyl (C=O) groups excluding carboxylic acids is 1. The molecule has 2 aromatic heterocycles. The summed E-state index contributed by atoms with van der Waals surface area (Å²) in [5, 5.41) is 2.48. The minimum atomic E-state index is -4.48. The highest BCUT2D eigenvalue weighted by molar-refractivity contribution is 6.04. The number of amides is 1. The first-order chi connectivity index (χ1) is 14.8. The third kappa shape index (κ3) is 4.85. The van der Waals surface area contributed by atoms with E-state index in [1.165, 1.54) is 18.2 Å². The van der Waals surface area contributed by atoms with Crippen molar-refractivity contribution in [1.29, 1.82) is 0 Å². The molecule has 1 N–H and O–H groups in total. The molecule has 0 saturated carbocycles. The van der Waals surface area contributed by atoms with Crippen molar-refractivity contribution in [2.45, 2.75) is 19.7 Å². The molecule has 158 valence electrons. The summed E-state index contributed by atoms with van der Waals surface area (Å²) in [6.07, 6.45) is -0.651. The average Bonchev–Trinajstić information content (AvgIpc) is 3.14. The van der Waals surface area contributed by atoms with Crippen LogP contribution in [0.2, 0.25) is 0 Å². The van der Waals surface area contributed by atoms with Gasteiger partial charge in [0, 0.05) is 23.6 Å². The second kappa shape index (κ2) is 8.14. The predicted octanol–water partition coefficient (Wildman–Crippen LogP) is 5.49. The van der Waals surface area contributed by atoms with E-state index in [1.54, 1.807) is 18.2 Å². The molecule has 0 spiro atoms. The van der Waals surface area contributed by atoms with Gasteiger partial charge in [0.25, 0.3) is 5.91 Å². The van der Waals surface area contributed by atoms with Crippen LogP contribution in [-0.4, -0.2) is 15.3 Å². The van der Waals surface area contributed by atoms with Crippen molar-refractivity contribution in [2.24, 2.45) is 0 Å². The molecule has 0 bridgehead atoms. The number of fused-ring (bicyclic) bond motifs is 1. The van der Waals surface area contributed by atoms with E-state index in [4.69, 9.17) is 4.74 Å². The van der Waals surface area contributed by atoms with Crippen LogP contribution in [-0.2, 0) is 12.8 Å². The number of alkyl halides is 3. The first-order valence-corrected chi connectivity index (χ1v) is 9.44. The fourth-order valence-electron chi connectivity index (χ4n) is 3.09. The largest absolute Gasteiger partial charge is 0.487 e. The maximum atomic E-state index is 12.9. The Morgan fingerprint density at radius 1 is 1.06 bits per heavy atom. The fourth-order valence-corrected chi connectivity index (χ4v) is 3.09. The Morgan fingerprint density at radius 2 is 1.87 bits per heavy atom. The lowest BCUT2D eigenvalue weighted by Gasteiger charge is -2.10. The van der Waals surface area contributed by atoms with Crippen LogP contribution in [0, 0.1) is 6.92 Å². The molecular weight excluding hydrogens is 407 g/mol. The van der Waals surface area contributed by atoms with Crippen molar-refractivity contribution in [3.63, 3.8) is 0 Å². The van der Waals surface area contributed by atoms with Crippen molar-refractivity contribution in [1.82, 2.24) is 9.38 Å². The number of ether oxygens (including phenoxy) is 1. The molecule has 0 fully saturated rings. The molecule has 0 aliphatic heterocycles. The Morgan fingerprint density at radius 3 is 2.68 bits per heavy atom. The van der Waals surface area contributed by atoms with Crippen LogP contribution in [0.25, 0.3) is 5.65 Å². The number of pyridine rings is 1. The molecule has 0 aliphatic carbocycles. The summed E-state index contributed by atoms with van der Waals surface area (Å²) >= 11 is 0. The lowest BCUT2D eigenvalue weighted by Crippen LogP contribution is -2.13. The van der Waals surface area contributed by atoms with Crippen molar-refractivity contribution < 1.29 is 22.7 Å². The van der Waals surface area contributed by atoms with E-state index >= 15 is 0 Å². The normalized spacial score (nSPS) is 11.5. The van der Waals surface area contributed by atoms with Gasteiger partial charge in [-0.15, -0.1) is 0 Å². The minimum absolute atomic E-state index is 0.0612. The smallest absolute Gasteiger partial charge is 0.416 e. The fraction of sp³-hybridized carbons (Fsp3) is 0.130. The summed E-state index contributed by atoms with van der Waals surface area (Å²) < 4.78 is 46.2. The van der Waals surface area contributed by atoms with E-state index < -0.39 is 17.6 Å². The van der Waals surface area contributed by atoms with Crippen LogP contribution < -0.4 is 10.1 Å². The number of benzene rings is 2. The van der Waals surface area contributed by atoms with Crippen LogP contribution in [0.5, 0.6) is 5.75 Å². The Labute approximate surface area is 176 Å². The summed E-state index contributed by atoms with van der Waals surface area (Å²) in [6, 6.07) is 14.8. The lowest BCUT2D eigenvalue weighted by molar-refractivity contribution is -0.137. The zero-order chi connectivity index (χ0) is 22.0. The molecule has 0 radical (unpaired) electrons. The third-order valence-corrected chi connectivity index (χ3v) is 4.58. The van der Waals surface area contributed by atoms with Gasteiger partial charge < -0.3 is 14.5 Å². The van der Waals surface area contributed by atoms with Crippen molar-refractivity contribution in [2.75, 3.05) is 5.32 Å². The van der Waals surface area contributed by atoms with E-state index in [-0.39, 0.29) is 17.9 Å². The molecular formula is C23H18F3N3O2. The molecule has 4 aromatic rings. The summed E-state index contributed by atoms with van der Waals surface area (Å²) in [6.45, 7) is 2.20. The molecule has 0 unspecified atom stereocenters. The Balaban J connectivity index is 1.44. The number of hydrogen-bond donors (Lipinski definition) is 1. The van der Waals surface area contributed by atoms with E-state index in [2.05, 4.69) is 10.3 Å². The molecule has 0 aliphatic rings. The van der Waals surface area contributed by atoms with Gasteiger partial charge in [-0.1, -0.05) is 18.2 Å². The number of halogens is 3. The zero-order valence-electron chi connectivity index (χ0n) is 16.5. The molecule has 5 nitrogen and oxygen atoms in total. The Kier molecular flexibility index (Phi) is 5.37.